The fourth-order valence-electron chi connectivity index (χ4n) is 2.15. The van der Waals surface area contributed by atoms with Crippen molar-refractivity contribution in [1.82, 2.24) is 10.2 Å². The van der Waals surface area contributed by atoms with Crippen LogP contribution in [-0.2, 0) is 5.75 Å². The van der Waals surface area contributed by atoms with Gasteiger partial charge in [0.1, 0.15) is 5.75 Å². The largest absolute Gasteiger partial charge is 0.496 e. The number of aromatic nitrogens is 2. The highest BCUT2D eigenvalue weighted by molar-refractivity contribution is 7.99. The molecule has 0 aliphatic rings. The molecule has 0 fully saturated rings. The monoisotopic (exact) mass is 414 g/mol. The molecule has 0 aliphatic heterocycles. The Labute approximate surface area is 162 Å². The molecule has 0 bridgehead atoms. The zero-order valence-electron chi connectivity index (χ0n) is 13.5. The number of ether oxygens (including phenoxy) is 1. The Morgan fingerprint density at radius 1 is 1.19 bits per heavy atom. The standard InChI is InChI=1S/C17H13ClF2N2O2S2/c1-23-13-7-10(5-6-14(13)26-16(19)20)9-25-17-22-21-15(24-17)11-3-2-4-12(18)8-11/h2-8,16H,9H2,1H3. The molecule has 3 rings (SSSR count). The van der Waals surface area contributed by atoms with Gasteiger partial charge in [-0.2, -0.15) is 8.78 Å². The Bertz CT molecular complexity index is 893. The average Bonchev–Trinajstić information content (AvgIpc) is 3.09. The predicted octanol–water partition coefficient (Wildman–Crippen LogP) is 6.01. The van der Waals surface area contributed by atoms with E-state index in [9.17, 15) is 8.78 Å². The first kappa shape index (κ1) is 19.0. The lowest BCUT2D eigenvalue weighted by atomic mass is 10.2. The fourth-order valence-corrected chi connectivity index (χ4v) is 3.64. The van der Waals surface area contributed by atoms with E-state index in [1.165, 1.54) is 18.9 Å². The third kappa shape index (κ3) is 4.90. The summed E-state index contributed by atoms with van der Waals surface area (Å²) in [6, 6.07) is 12.3. The second-order valence-electron chi connectivity index (χ2n) is 5.04. The molecule has 1 heterocycles. The quantitative estimate of drug-likeness (QED) is 0.441. The molecule has 0 atom stereocenters. The number of hydrogen-bond acceptors (Lipinski definition) is 6. The second kappa shape index (κ2) is 8.75. The van der Waals surface area contributed by atoms with E-state index >= 15 is 0 Å². The Hall–Kier alpha value is -1.77. The molecule has 4 nitrogen and oxygen atoms in total. The number of halogens is 3. The van der Waals surface area contributed by atoms with E-state index in [-0.39, 0.29) is 0 Å². The lowest BCUT2D eigenvalue weighted by molar-refractivity contribution is 0.251. The van der Waals surface area contributed by atoms with Gasteiger partial charge in [0.15, 0.2) is 0 Å². The highest BCUT2D eigenvalue weighted by Crippen LogP contribution is 2.35. The lowest BCUT2D eigenvalue weighted by Gasteiger charge is -2.09. The molecule has 0 spiro atoms. The molecule has 0 radical (unpaired) electrons. The van der Waals surface area contributed by atoms with E-state index in [4.69, 9.17) is 20.8 Å². The molecule has 0 N–H and O–H groups in total. The Morgan fingerprint density at radius 3 is 2.77 bits per heavy atom. The van der Waals surface area contributed by atoms with Gasteiger partial charge in [-0.1, -0.05) is 47.3 Å². The van der Waals surface area contributed by atoms with Crippen molar-refractivity contribution < 1.29 is 17.9 Å². The van der Waals surface area contributed by atoms with Gasteiger partial charge in [-0.15, -0.1) is 10.2 Å². The highest BCUT2D eigenvalue weighted by atomic mass is 35.5. The van der Waals surface area contributed by atoms with Gasteiger partial charge >= 0.3 is 0 Å². The van der Waals surface area contributed by atoms with Gasteiger partial charge in [0.05, 0.1) is 12.0 Å². The molecule has 9 heteroatoms. The van der Waals surface area contributed by atoms with Crippen molar-refractivity contribution in [2.45, 2.75) is 21.6 Å². The van der Waals surface area contributed by atoms with Gasteiger partial charge in [0.25, 0.3) is 11.0 Å². The summed E-state index contributed by atoms with van der Waals surface area (Å²) >= 11 is 7.77. The minimum atomic E-state index is -2.49. The number of alkyl halides is 2. The summed E-state index contributed by atoms with van der Waals surface area (Å²) in [7, 11) is 1.46. The van der Waals surface area contributed by atoms with Crippen LogP contribution in [0.5, 0.6) is 5.75 Å². The number of rotatable bonds is 7. The van der Waals surface area contributed by atoms with E-state index in [1.54, 1.807) is 36.4 Å². The maximum Gasteiger partial charge on any atom is 0.289 e. The Kier molecular flexibility index (Phi) is 6.39. The summed E-state index contributed by atoms with van der Waals surface area (Å²) in [4.78, 5) is 0.400. The zero-order chi connectivity index (χ0) is 18.5. The molecule has 136 valence electrons. The lowest BCUT2D eigenvalue weighted by Crippen LogP contribution is -1.91. The van der Waals surface area contributed by atoms with Crippen molar-refractivity contribution in [3.8, 4) is 17.2 Å². The van der Waals surface area contributed by atoms with Gasteiger partial charge in [-0.25, -0.2) is 0 Å². The van der Waals surface area contributed by atoms with Crippen LogP contribution in [-0.4, -0.2) is 23.1 Å². The van der Waals surface area contributed by atoms with Crippen molar-refractivity contribution in [1.29, 1.82) is 0 Å². The fraction of sp³-hybridized carbons (Fsp3) is 0.176. The smallest absolute Gasteiger partial charge is 0.289 e. The number of benzene rings is 2. The second-order valence-corrected chi connectivity index (χ2v) is 7.43. The van der Waals surface area contributed by atoms with E-state index in [0.717, 1.165) is 11.1 Å². The van der Waals surface area contributed by atoms with Gasteiger partial charge in [-0.05, 0) is 35.9 Å². The third-order valence-electron chi connectivity index (χ3n) is 3.28. The number of thioether (sulfide) groups is 2. The SMILES string of the molecule is COc1cc(CSc2nnc(-c3cccc(Cl)c3)o2)ccc1SC(F)F. The van der Waals surface area contributed by atoms with Crippen molar-refractivity contribution >= 4 is 35.1 Å². The molecular weight excluding hydrogens is 402 g/mol. The zero-order valence-corrected chi connectivity index (χ0v) is 15.9. The van der Waals surface area contributed by atoms with E-state index < -0.39 is 5.76 Å². The van der Waals surface area contributed by atoms with Crippen molar-refractivity contribution in [3.05, 3.63) is 53.1 Å². The van der Waals surface area contributed by atoms with Crippen LogP contribution in [0.3, 0.4) is 0 Å². The first-order chi connectivity index (χ1) is 12.5. The average molecular weight is 415 g/mol. The minimum Gasteiger partial charge on any atom is -0.496 e. The molecule has 2 aromatic carbocycles. The van der Waals surface area contributed by atoms with Crippen molar-refractivity contribution in [2.75, 3.05) is 7.11 Å². The van der Waals surface area contributed by atoms with Crippen molar-refractivity contribution in [2.24, 2.45) is 0 Å². The summed E-state index contributed by atoms with van der Waals surface area (Å²) in [5.41, 5.74) is 1.64. The summed E-state index contributed by atoms with van der Waals surface area (Å²) in [5.74, 6) is -1.16. The molecule has 0 saturated carbocycles. The highest BCUT2D eigenvalue weighted by Gasteiger charge is 2.13. The summed E-state index contributed by atoms with van der Waals surface area (Å²) in [5, 5.41) is 9.01. The first-order valence-electron chi connectivity index (χ1n) is 7.39. The van der Waals surface area contributed by atoms with Crippen LogP contribution in [0, 0.1) is 0 Å². The number of nitrogens with zero attached hydrogens (tertiary/aromatic N) is 2. The Balaban J connectivity index is 1.68. The topological polar surface area (TPSA) is 48.2 Å². The van der Waals surface area contributed by atoms with Gasteiger partial charge < -0.3 is 9.15 Å². The van der Waals surface area contributed by atoms with E-state index in [1.807, 2.05) is 6.07 Å². The Morgan fingerprint density at radius 2 is 2.04 bits per heavy atom. The normalized spacial score (nSPS) is 11.1. The summed E-state index contributed by atoms with van der Waals surface area (Å²) < 4.78 is 35.9. The first-order valence-corrected chi connectivity index (χ1v) is 9.63. The van der Waals surface area contributed by atoms with Crippen LogP contribution in [0.1, 0.15) is 5.56 Å². The van der Waals surface area contributed by atoms with Gasteiger partial charge in [-0.3, -0.25) is 0 Å². The molecule has 3 aromatic rings. The van der Waals surface area contributed by atoms with E-state index in [2.05, 4.69) is 10.2 Å². The van der Waals surface area contributed by atoms with Crippen LogP contribution in [0.15, 0.2) is 57.0 Å². The van der Waals surface area contributed by atoms with Crippen LogP contribution in [0.25, 0.3) is 11.5 Å². The predicted molar refractivity (Wildman–Crippen MR) is 99.2 cm³/mol. The number of methoxy groups -OCH3 is 1. The van der Waals surface area contributed by atoms with Crippen LogP contribution in [0.4, 0.5) is 8.78 Å². The maximum atomic E-state index is 12.5. The molecule has 0 unspecified atom stereocenters. The molecular formula is C17H13ClF2N2O2S2. The molecule has 1 aromatic heterocycles. The van der Waals surface area contributed by atoms with Crippen LogP contribution in [0.2, 0.25) is 5.02 Å². The third-order valence-corrected chi connectivity index (χ3v) is 5.18. The maximum absolute atomic E-state index is 12.5. The van der Waals surface area contributed by atoms with Crippen LogP contribution >= 0.6 is 35.1 Å². The van der Waals surface area contributed by atoms with Crippen molar-refractivity contribution in [3.63, 3.8) is 0 Å². The molecule has 0 saturated heterocycles. The molecule has 26 heavy (non-hydrogen) atoms. The van der Waals surface area contributed by atoms with Crippen LogP contribution < -0.4 is 4.74 Å². The molecule has 0 amide bonds. The number of hydrogen-bond donors (Lipinski definition) is 0. The van der Waals surface area contributed by atoms with E-state index in [0.29, 0.717) is 44.3 Å². The molecule has 0 aliphatic carbocycles. The summed E-state index contributed by atoms with van der Waals surface area (Å²) in [6.45, 7) is 0. The van der Waals surface area contributed by atoms with Gasteiger partial charge in [0.2, 0.25) is 5.89 Å². The summed E-state index contributed by atoms with van der Waals surface area (Å²) in [6.07, 6.45) is 0. The minimum absolute atomic E-state index is 0.385. The van der Waals surface area contributed by atoms with Gasteiger partial charge in [0, 0.05) is 16.3 Å².